The molecule has 0 aromatic carbocycles. The van der Waals surface area contributed by atoms with Crippen molar-refractivity contribution in [3.05, 3.63) is 29.3 Å². The summed E-state index contributed by atoms with van der Waals surface area (Å²) in [4.78, 5) is 13.2. The van der Waals surface area contributed by atoms with Crippen LogP contribution in [0, 0.1) is 0 Å². The second-order valence-electron chi connectivity index (χ2n) is 4.32. The number of aromatic nitrogens is 2. The smallest absolute Gasteiger partial charge is 0.225 e. The van der Waals surface area contributed by atoms with Crippen LogP contribution in [0.15, 0.2) is 29.3 Å². The molecule has 1 aromatic heterocycles. The van der Waals surface area contributed by atoms with E-state index in [0.717, 1.165) is 42.4 Å². The van der Waals surface area contributed by atoms with E-state index in [1.54, 1.807) is 12.4 Å². The molecule has 1 unspecified atom stereocenters. The summed E-state index contributed by atoms with van der Waals surface area (Å²) >= 11 is 3.35. The molecule has 0 spiro atoms. The first-order valence-corrected chi connectivity index (χ1v) is 6.45. The number of anilines is 1. The van der Waals surface area contributed by atoms with E-state index in [-0.39, 0.29) is 0 Å². The Morgan fingerprint density at radius 1 is 1.35 bits per heavy atom. The summed E-state index contributed by atoms with van der Waals surface area (Å²) < 4.78 is 0.913. The predicted octanol–water partition coefficient (Wildman–Crippen LogP) is 0.804. The maximum absolute atomic E-state index is 4.34. The highest BCUT2D eigenvalue weighted by molar-refractivity contribution is 9.10. The largest absolute Gasteiger partial charge is 0.370 e. The molecule has 2 saturated heterocycles. The Morgan fingerprint density at radius 3 is 2.88 bits per heavy atom. The zero-order valence-corrected chi connectivity index (χ0v) is 11.0. The maximum Gasteiger partial charge on any atom is 0.225 e. The fraction of sp³-hybridized carbons (Fsp3) is 0.455. The molecule has 0 amide bonds. The summed E-state index contributed by atoms with van der Waals surface area (Å²) in [6, 6.07) is 0.489. The van der Waals surface area contributed by atoms with Gasteiger partial charge in [0.25, 0.3) is 0 Å². The number of piperazine rings is 1. The van der Waals surface area contributed by atoms with Gasteiger partial charge in [-0.1, -0.05) is 6.58 Å². The van der Waals surface area contributed by atoms with Crippen LogP contribution >= 0.6 is 15.9 Å². The molecule has 90 valence electrons. The number of nitrogens with zero attached hydrogens (tertiary/aromatic N) is 4. The van der Waals surface area contributed by atoms with Crippen LogP contribution in [0.5, 0.6) is 0 Å². The summed E-state index contributed by atoms with van der Waals surface area (Å²) in [7, 11) is 0. The lowest BCUT2D eigenvalue weighted by molar-refractivity contribution is 0.273. The van der Waals surface area contributed by atoms with Crippen LogP contribution in [0.2, 0.25) is 0 Å². The molecule has 2 aliphatic rings. The van der Waals surface area contributed by atoms with Gasteiger partial charge in [0.15, 0.2) is 0 Å². The third-order valence-electron chi connectivity index (χ3n) is 3.26. The molecule has 1 aromatic rings. The highest BCUT2D eigenvalue weighted by Crippen LogP contribution is 2.21. The van der Waals surface area contributed by atoms with Crippen LogP contribution in [-0.2, 0) is 0 Å². The van der Waals surface area contributed by atoms with Crippen LogP contribution < -0.4 is 10.2 Å². The van der Waals surface area contributed by atoms with Gasteiger partial charge in [0.1, 0.15) is 0 Å². The average Bonchev–Trinajstić information content (AvgIpc) is 2.72. The van der Waals surface area contributed by atoms with Gasteiger partial charge in [0.05, 0.1) is 16.3 Å². The molecule has 5 nitrogen and oxygen atoms in total. The summed E-state index contributed by atoms with van der Waals surface area (Å²) in [5.74, 6) is 1.86. The second kappa shape index (κ2) is 4.18. The lowest BCUT2D eigenvalue weighted by atomic mass is 10.2. The first-order valence-electron chi connectivity index (χ1n) is 5.66. The van der Waals surface area contributed by atoms with Crippen molar-refractivity contribution in [2.75, 3.05) is 31.1 Å². The van der Waals surface area contributed by atoms with E-state index in [0.29, 0.717) is 6.04 Å². The molecule has 0 bridgehead atoms. The van der Waals surface area contributed by atoms with Crippen molar-refractivity contribution in [2.45, 2.75) is 6.04 Å². The Balaban J connectivity index is 1.75. The van der Waals surface area contributed by atoms with E-state index in [1.165, 1.54) is 0 Å². The Bertz CT molecular complexity index is 432. The minimum atomic E-state index is 0.489. The number of fused-ring (bicyclic) bond motifs is 1. The lowest BCUT2D eigenvalue weighted by Gasteiger charge is -2.37. The lowest BCUT2D eigenvalue weighted by Crippen LogP contribution is -2.51. The zero-order chi connectivity index (χ0) is 11.8. The number of hydrogen-bond donors (Lipinski definition) is 1. The van der Waals surface area contributed by atoms with Gasteiger partial charge in [-0.15, -0.1) is 0 Å². The topological polar surface area (TPSA) is 44.3 Å². The first kappa shape index (κ1) is 10.8. The fourth-order valence-electron chi connectivity index (χ4n) is 2.37. The van der Waals surface area contributed by atoms with E-state index in [1.807, 2.05) is 0 Å². The average molecular weight is 296 g/mol. The molecular weight excluding hydrogens is 282 g/mol. The summed E-state index contributed by atoms with van der Waals surface area (Å²) in [6.07, 6.45) is 3.58. The molecule has 3 heterocycles. The first-order chi connectivity index (χ1) is 8.24. The maximum atomic E-state index is 4.34. The summed E-state index contributed by atoms with van der Waals surface area (Å²) in [5.41, 5.74) is 0. The molecule has 17 heavy (non-hydrogen) atoms. The number of halogens is 1. The number of nitrogens with one attached hydrogen (secondary N) is 1. The van der Waals surface area contributed by atoms with Gasteiger partial charge in [-0.3, -0.25) is 0 Å². The molecule has 0 saturated carbocycles. The van der Waals surface area contributed by atoms with Crippen LogP contribution in [0.25, 0.3) is 0 Å². The molecule has 2 fully saturated rings. The van der Waals surface area contributed by atoms with Gasteiger partial charge in [-0.2, -0.15) is 0 Å². The van der Waals surface area contributed by atoms with Crippen molar-refractivity contribution in [2.24, 2.45) is 0 Å². The van der Waals surface area contributed by atoms with Crippen LogP contribution in [0.4, 0.5) is 5.95 Å². The van der Waals surface area contributed by atoms with Gasteiger partial charge >= 0.3 is 0 Å². The van der Waals surface area contributed by atoms with Gasteiger partial charge < -0.3 is 15.1 Å². The Morgan fingerprint density at radius 2 is 2.12 bits per heavy atom. The minimum Gasteiger partial charge on any atom is -0.370 e. The van der Waals surface area contributed by atoms with Crippen molar-refractivity contribution in [3.63, 3.8) is 0 Å². The molecule has 6 heteroatoms. The minimum absolute atomic E-state index is 0.489. The highest BCUT2D eigenvalue weighted by Gasteiger charge is 2.32. The van der Waals surface area contributed by atoms with Gasteiger partial charge in [0.2, 0.25) is 5.95 Å². The molecule has 3 rings (SSSR count). The molecular formula is C11H14BrN5. The predicted molar refractivity (Wildman–Crippen MR) is 69.6 cm³/mol. The Kier molecular flexibility index (Phi) is 2.66. The highest BCUT2D eigenvalue weighted by atomic mass is 79.9. The van der Waals surface area contributed by atoms with E-state index >= 15 is 0 Å². The number of rotatable bonds is 1. The Hall–Kier alpha value is -1.30. The van der Waals surface area contributed by atoms with Crippen molar-refractivity contribution < 1.29 is 0 Å². The molecule has 1 atom stereocenters. The molecule has 0 radical (unpaired) electrons. The normalized spacial score (nSPS) is 23.6. The summed E-state index contributed by atoms with van der Waals surface area (Å²) in [6.45, 7) is 7.85. The van der Waals surface area contributed by atoms with E-state index in [2.05, 4.69) is 47.6 Å². The second-order valence-corrected chi connectivity index (χ2v) is 5.24. The third kappa shape index (κ3) is 1.97. The Labute approximate surface area is 109 Å². The van der Waals surface area contributed by atoms with Crippen LogP contribution in [0.3, 0.4) is 0 Å². The van der Waals surface area contributed by atoms with E-state index in [9.17, 15) is 0 Å². The quantitative estimate of drug-likeness (QED) is 0.830. The van der Waals surface area contributed by atoms with Gasteiger partial charge in [-0.25, -0.2) is 9.97 Å². The SMILES string of the molecule is C=C1NCC2CN(c3ncc(Br)cn3)CCN12. The van der Waals surface area contributed by atoms with E-state index < -0.39 is 0 Å². The molecule has 0 aliphatic carbocycles. The summed E-state index contributed by atoms with van der Waals surface area (Å²) in [5, 5.41) is 3.30. The van der Waals surface area contributed by atoms with Crippen molar-refractivity contribution in [1.29, 1.82) is 0 Å². The monoisotopic (exact) mass is 295 g/mol. The zero-order valence-electron chi connectivity index (χ0n) is 9.43. The molecule has 1 N–H and O–H groups in total. The van der Waals surface area contributed by atoms with Crippen molar-refractivity contribution >= 4 is 21.9 Å². The fourth-order valence-corrected chi connectivity index (χ4v) is 2.58. The van der Waals surface area contributed by atoms with Crippen LogP contribution in [-0.4, -0.2) is 47.1 Å². The van der Waals surface area contributed by atoms with Gasteiger partial charge in [-0.05, 0) is 15.9 Å². The van der Waals surface area contributed by atoms with Gasteiger partial charge in [0, 0.05) is 38.6 Å². The van der Waals surface area contributed by atoms with E-state index in [4.69, 9.17) is 0 Å². The molecule has 2 aliphatic heterocycles. The van der Waals surface area contributed by atoms with Crippen molar-refractivity contribution in [3.8, 4) is 0 Å². The van der Waals surface area contributed by atoms with Crippen LogP contribution in [0.1, 0.15) is 0 Å². The standard InChI is InChI=1S/C11H14BrN5/c1-8-13-6-10-7-16(2-3-17(8)10)11-14-4-9(12)5-15-11/h4-5,10,13H,1-3,6-7H2. The third-order valence-corrected chi connectivity index (χ3v) is 3.67. The van der Waals surface area contributed by atoms with Crippen molar-refractivity contribution in [1.82, 2.24) is 20.2 Å². The number of hydrogen-bond acceptors (Lipinski definition) is 5.